The van der Waals surface area contributed by atoms with Crippen molar-refractivity contribution in [2.45, 2.75) is 12.6 Å². The van der Waals surface area contributed by atoms with E-state index in [0.29, 0.717) is 19.6 Å². The average Bonchev–Trinajstić information content (AvgIpc) is 3.05. The van der Waals surface area contributed by atoms with E-state index in [-0.39, 0.29) is 18.2 Å². The van der Waals surface area contributed by atoms with Gasteiger partial charge >= 0.3 is 12.1 Å². The first-order valence-corrected chi connectivity index (χ1v) is 8.51. The predicted octanol–water partition coefficient (Wildman–Crippen LogP) is 1.88. The summed E-state index contributed by atoms with van der Waals surface area (Å²) in [4.78, 5) is 24.6. The van der Waals surface area contributed by atoms with Gasteiger partial charge in [-0.2, -0.15) is 5.10 Å². The van der Waals surface area contributed by atoms with Crippen molar-refractivity contribution in [3.8, 4) is 5.69 Å². The minimum absolute atomic E-state index is 0.0513. The van der Waals surface area contributed by atoms with Crippen molar-refractivity contribution in [1.82, 2.24) is 25.3 Å². The van der Waals surface area contributed by atoms with E-state index < -0.39 is 0 Å². The molecule has 1 aliphatic rings. The molecule has 0 atom stereocenters. The number of rotatable bonds is 4. The van der Waals surface area contributed by atoms with Gasteiger partial charge in [0.1, 0.15) is 0 Å². The van der Waals surface area contributed by atoms with Gasteiger partial charge in [-0.05, 0) is 24.3 Å². The molecule has 0 saturated carbocycles. The molecule has 0 unspecified atom stereocenters. The maximum Gasteiger partial charge on any atom is 0.409 e. The van der Waals surface area contributed by atoms with Crippen LogP contribution in [0.5, 0.6) is 0 Å². The molecular weight excluding hydrogens is 390 g/mol. The Labute approximate surface area is 153 Å². The number of nitrogens with one attached hydrogen (secondary N) is 2. The Hall–Kier alpha value is -2.55. The zero-order valence-electron chi connectivity index (χ0n) is 13.6. The van der Waals surface area contributed by atoms with Crippen molar-refractivity contribution in [2.75, 3.05) is 20.2 Å². The fraction of sp³-hybridized carbons (Fsp3) is 0.312. The van der Waals surface area contributed by atoms with Gasteiger partial charge in [-0.15, -0.1) is 0 Å². The molecule has 9 heteroatoms. The van der Waals surface area contributed by atoms with Crippen LogP contribution >= 0.6 is 15.9 Å². The Bertz CT molecular complexity index is 755. The van der Waals surface area contributed by atoms with E-state index in [1.165, 1.54) is 12.0 Å². The summed E-state index contributed by atoms with van der Waals surface area (Å²) in [6.07, 6.45) is 3.20. The Kier molecular flexibility index (Phi) is 5.22. The summed E-state index contributed by atoms with van der Waals surface area (Å²) in [5, 5.41) is 9.89. The average molecular weight is 408 g/mol. The lowest BCUT2D eigenvalue weighted by Crippen LogP contribution is -2.62. The number of ether oxygens (including phenoxy) is 1. The van der Waals surface area contributed by atoms with E-state index in [1.807, 2.05) is 30.5 Å². The predicted molar refractivity (Wildman–Crippen MR) is 94.4 cm³/mol. The van der Waals surface area contributed by atoms with Crippen molar-refractivity contribution < 1.29 is 14.3 Å². The Morgan fingerprint density at radius 1 is 1.32 bits per heavy atom. The Morgan fingerprint density at radius 3 is 2.72 bits per heavy atom. The van der Waals surface area contributed by atoms with Crippen LogP contribution in [-0.2, 0) is 11.3 Å². The quantitative estimate of drug-likeness (QED) is 0.809. The van der Waals surface area contributed by atoms with Crippen molar-refractivity contribution in [2.24, 2.45) is 0 Å². The normalized spacial score (nSPS) is 13.9. The highest BCUT2D eigenvalue weighted by molar-refractivity contribution is 9.10. The van der Waals surface area contributed by atoms with Crippen LogP contribution in [0.4, 0.5) is 9.59 Å². The van der Waals surface area contributed by atoms with Gasteiger partial charge in [-0.1, -0.05) is 15.9 Å². The summed E-state index contributed by atoms with van der Waals surface area (Å²) >= 11 is 3.40. The first-order valence-electron chi connectivity index (χ1n) is 7.72. The lowest BCUT2D eigenvalue weighted by molar-refractivity contribution is 0.0822. The summed E-state index contributed by atoms with van der Waals surface area (Å²) < 4.78 is 7.36. The first kappa shape index (κ1) is 17.3. The molecule has 3 amide bonds. The second kappa shape index (κ2) is 7.56. The lowest BCUT2D eigenvalue weighted by atomic mass is 10.1. The van der Waals surface area contributed by atoms with Crippen molar-refractivity contribution in [3.63, 3.8) is 0 Å². The number of methoxy groups -OCH3 is 1. The number of carbonyl (C=O) groups excluding carboxylic acids is 2. The molecule has 2 aromatic rings. The molecule has 0 spiro atoms. The van der Waals surface area contributed by atoms with Crippen LogP contribution in [0.25, 0.3) is 5.69 Å². The highest BCUT2D eigenvalue weighted by Gasteiger charge is 2.32. The van der Waals surface area contributed by atoms with Gasteiger partial charge in [0.15, 0.2) is 0 Å². The second-order valence-corrected chi connectivity index (χ2v) is 6.58. The molecule has 25 heavy (non-hydrogen) atoms. The number of nitrogens with zero attached hydrogens (tertiary/aromatic N) is 3. The van der Waals surface area contributed by atoms with Crippen molar-refractivity contribution in [1.29, 1.82) is 0 Å². The van der Waals surface area contributed by atoms with Crippen LogP contribution < -0.4 is 10.6 Å². The molecular formula is C16H18BrN5O3. The number of likely N-dealkylation sites (tertiary alicyclic amines) is 1. The molecule has 0 bridgehead atoms. The van der Waals surface area contributed by atoms with Crippen LogP contribution in [0, 0.1) is 0 Å². The summed E-state index contributed by atoms with van der Waals surface area (Å²) in [7, 11) is 1.34. The van der Waals surface area contributed by atoms with E-state index in [4.69, 9.17) is 0 Å². The summed E-state index contributed by atoms with van der Waals surface area (Å²) in [6, 6.07) is 7.46. The first-order chi connectivity index (χ1) is 12.0. The molecule has 0 radical (unpaired) electrons. The third-order valence-electron chi connectivity index (χ3n) is 3.83. The number of amides is 3. The van der Waals surface area contributed by atoms with E-state index in [9.17, 15) is 9.59 Å². The highest BCUT2D eigenvalue weighted by Crippen LogP contribution is 2.14. The topological polar surface area (TPSA) is 88.5 Å². The SMILES string of the molecule is COC(=O)N1CC(NC(=O)NCc2cnn(-c3ccc(Br)cc3)c2)C1. The minimum atomic E-state index is -0.376. The summed E-state index contributed by atoms with van der Waals surface area (Å²) in [5.74, 6) is 0. The largest absolute Gasteiger partial charge is 0.453 e. The molecule has 1 aromatic heterocycles. The van der Waals surface area contributed by atoms with E-state index in [1.54, 1.807) is 10.9 Å². The number of benzene rings is 1. The molecule has 1 aromatic carbocycles. The number of urea groups is 1. The molecule has 8 nitrogen and oxygen atoms in total. The number of aromatic nitrogens is 2. The maximum absolute atomic E-state index is 11.9. The Balaban J connectivity index is 1.44. The summed E-state index contributed by atoms with van der Waals surface area (Å²) in [5.41, 5.74) is 1.83. The van der Waals surface area contributed by atoms with Gasteiger partial charge in [0.2, 0.25) is 0 Å². The zero-order valence-corrected chi connectivity index (χ0v) is 15.2. The van der Waals surface area contributed by atoms with Crippen LogP contribution in [0.3, 0.4) is 0 Å². The molecule has 132 valence electrons. The standard InChI is InChI=1S/C16H18BrN5O3/c1-25-16(24)21-9-13(10-21)20-15(23)18-6-11-7-19-22(8-11)14-4-2-12(17)3-5-14/h2-5,7-8,13H,6,9-10H2,1H3,(H2,18,20,23). The smallest absolute Gasteiger partial charge is 0.409 e. The van der Waals surface area contributed by atoms with E-state index in [0.717, 1.165) is 15.7 Å². The highest BCUT2D eigenvalue weighted by atomic mass is 79.9. The van der Waals surface area contributed by atoms with Crippen molar-refractivity contribution in [3.05, 3.63) is 46.7 Å². The van der Waals surface area contributed by atoms with Gasteiger partial charge in [0, 0.05) is 35.9 Å². The second-order valence-electron chi connectivity index (χ2n) is 5.67. The van der Waals surface area contributed by atoms with Gasteiger partial charge in [-0.25, -0.2) is 14.3 Å². The molecule has 1 aliphatic heterocycles. The van der Waals surface area contributed by atoms with Crippen LogP contribution in [-0.4, -0.2) is 53.0 Å². The van der Waals surface area contributed by atoms with Gasteiger partial charge in [0.05, 0.1) is 25.0 Å². The molecule has 1 fully saturated rings. The monoisotopic (exact) mass is 407 g/mol. The van der Waals surface area contributed by atoms with E-state index in [2.05, 4.69) is 36.4 Å². The van der Waals surface area contributed by atoms with E-state index >= 15 is 0 Å². The van der Waals surface area contributed by atoms with Gasteiger partial charge in [-0.3, -0.25) is 0 Å². The number of hydrogen-bond acceptors (Lipinski definition) is 4. The third-order valence-corrected chi connectivity index (χ3v) is 4.36. The minimum Gasteiger partial charge on any atom is -0.453 e. The number of halogens is 1. The fourth-order valence-electron chi connectivity index (χ4n) is 2.45. The Morgan fingerprint density at radius 2 is 2.04 bits per heavy atom. The number of carbonyl (C=O) groups is 2. The van der Waals surface area contributed by atoms with Crippen molar-refractivity contribution >= 4 is 28.1 Å². The molecule has 0 aliphatic carbocycles. The lowest BCUT2D eigenvalue weighted by Gasteiger charge is -2.38. The fourth-order valence-corrected chi connectivity index (χ4v) is 2.72. The molecule has 2 heterocycles. The van der Waals surface area contributed by atoms with Gasteiger partial charge < -0.3 is 20.3 Å². The molecule has 1 saturated heterocycles. The third kappa shape index (κ3) is 4.30. The molecule has 3 rings (SSSR count). The zero-order chi connectivity index (χ0) is 17.8. The molecule has 2 N–H and O–H groups in total. The maximum atomic E-state index is 11.9. The van der Waals surface area contributed by atoms with Crippen LogP contribution in [0.2, 0.25) is 0 Å². The summed E-state index contributed by atoms with van der Waals surface area (Å²) in [6.45, 7) is 1.29. The number of hydrogen-bond donors (Lipinski definition) is 2. The van der Waals surface area contributed by atoms with Crippen LogP contribution in [0.1, 0.15) is 5.56 Å². The van der Waals surface area contributed by atoms with Gasteiger partial charge in [0.25, 0.3) is 0 Å². The van der Waals surface area contributed by atoms with Crippen LogP contribution in [0.15, 0.2) is 41.1 Å².